The van der Waals surface area contributed by atoms with Crippen LogP contribution >= 0.6 is 0 Å². The number of hydrogen-bond acceptors (Lipinski definition) is 4. The van der Waals surface area contributed by atoms with Crippen molar-refractivity contribution in [1.82, 2.24) is 10.2 Å². The minimum atomic E-state index is -0.461. The third kappa shape index (κ3) is 6.22. The fourth-order valence-corrected chi connectivity index (χ4v) is 3.20. The first-order valence-electron chi connectivity index (χ1n) is 8.18. The summed E-state index contributed by atoms with van der Waals surface area (Å²) < 4.78 is 5.35. The maximum absolute atomic E-state index is 11.9. The molecular weight excluding hydrogens is 268 g/mol. The fourth-order valence-electron chi connectivity index (χ4n) is 3.20. The van der Waals surface area contributed by atoms with E-state index in [0.29, 0.717) is 12.5 Å². The van der Waals surface area contributed by atoms with Crippen LogP contribution in [0, 0.1) is 11.8 Å². The number of likely N-dealkylation sites (tertiary alicyclic amines) is 1. The van der Waals surface area contributed by atoms with Crippen LogP contribution in [0.3, 0.4) is 0 Å². The van der Waals surface area contributed by atoms with Crippen molar-refractivity contribution in [2.24, 2.45) is 11.8 Å². The Hall–Kier alpha value is -0.810. The van der Waals surface area contributed by atoms with Crippen molar-refractivity contribution < 1.29 is 14.6 Å². The van der Waals surface area contributed by atoms with Crippen molar-refractivity contribution in [3.8, 4) is 0 Å². The van der Waals surface area contributed by atoms with E-state index in [2.05, 4.69) is 10.2 Å². The zero-order chi connectivity index (χ0) is 15.5. The van der Waals surface area contributed by atoms with Gasteiger partial charge in [0.05, 0.1) is 6.61 Å². The molecule has 5 heteroatoms. The van der Waals surface area contributed by atoms with Crippen molar-refractivity contribution in [3.63, 3.8) is 0 Å². The topological polar surface area (TPSA) is 61.8 Å². The molecule has 0 radical (unpaired) electrons. The van der Waals surface area contributed by atoms with Crippen LogP contribution in [0.2, 0.25) is 0 Å². The van der Waals surface area contributed by atoms with Crippen molar-refractivity contribution in [1.29, 1.82) is 0 Å². The number of piperidine rings is 1. The van der Waals surface area contributed by atoms with E-state index in [-0.39, 0.29) is 18.7 Å². The normalized spacial score (nSPS) is 27.4. The number of aliphatic hydroxyl groups is 1. The third-order valence-corrected chi connectivity index (χ3v) is 4.11. The highest BCUT2D eigenvalue weighted by molar-refractivity contribution is 5.68. The third-order valence-electron chi connectivity index (χ3n) is 4.11. The number of aliphatic hydroxyl groups excluding tert-OH is 1. The number of hydrogen-bond donors (Lipinski definition) is 2. The molecular formula is C16H30N2O3. The summed E-state index contributed by atoms with van der Waals surface area (Å²) in [4.78, 5) is 14.2. The number of nitrogens with one attached hydrogen (secondary N) is 1. The summed E-state index contributed by atoms with van der Waals surface area (Å²) in [6.45, 7) is 8.34. The Morgan fingerprint density at radius 1 is 1.29 bits per heavy atom. The molecule has 1 aliphatic heterocycles. The zero-order valence-corrected chi connectivity index (χ0v) is 13.6. The Balaban J connectivity index is 1.85. The van der Waals surface area contributed by atoms with Crippen LogP contribution in [0.15, 0.2) is 0 Å². The van der Waals surface area contributed by atoms with E-state index in [0.717, 1.165) is 25.4 Å². The summed E-state index contributed by atoms with van der Waals surface area (Å²) in [6.07, 6.45) is 4.68. The summed E-state index contributed by atoms with van der Waals surface area (Å²) in [5.41, 5.74) is -0.461. The van der Waals surface area contributed by atoms with Gasteiger partial charge in [-0.2, -0.15) is 0 Å². The largest absolute Gasteiger partial charge is 0.444 e. The van der Waals surface area contributed by atoms with Gasteiger partial charge in [0.1, 0.15) is 5.60 Å². The van der Waals surface area contributed by atoms with E-state index in [1.165, 1.54) is 19.3 Å². The first kappa shape index (κ1) is 16.6. The van der Waals surface area contributed by atoms with Crippen molar-refractivity contribution in [2.75, 3.05) is 26.2 Å². The van der Waals surface area contributed by atoms with Gasteiger partial charge < -0.3 is 15.2 Å². The Morgan fingerprint density at radius 3 is 2.57 bits per heavy atom. The number of ether oxygens (including phenoxy) is 1. The highest BCUT2D eigenvalue weighted by atomic mass is 16.6. The molecule has 0 aromatic heterocycles. The Bertz CT molecular complexity index is 350. The molecule has 2 unspecified atom stereocenters. The van der Waals surface area contributed by atoms with E-state index in [4.69, 9.17) is 9.84 Å². The predicted molar refractivity (Wildman–Crippen MR) is 82.1 cm³/mol. The second-order valence-corrected chi connectivity index (χ2v) is 7.61. The lowest BCUT2D eigenvalue weighted by Gasteiger charge is -2.38. The minimum Gasteiger partial charge on any atom is -0.444 e. The van der Waals surface area contributed by atoms with Gasteiger partial charge in [-0.05, 0) is 45.4 Å². The van der Waals surface area contributed by atoms with Crippen molar-refractivity contribution in [3.05, 3.63) is 0 Å². The molecule has 1 saturated carbocycles. The smallest absolute Gasteiger partial charge is 0.407 e. The lowest BCUT2D eigenvalue weighted by Crippen LogP contribution is -2.52. The van der Waals surface area contributed by atoms with Crippen LogP contribution in [0.4, 0.5) is 4.79 Å². The first-order chi connectivity index (χ1) is 9.85. The number of alkyl carbamates (subject to hydrolysis) is 1. The maximum atomic E-state index is 11.9. The van der Waals surface area contributed by atoms with Crippen LogP contribution in [0.25, 0.3) is 0 Å². The lowest BCUT2D eigenvalue weighted by atomic mass is 9.90. The van der Waals surface area contributed by atoms with E-state index in [9.17, 15) is 4.79 Å². The molecule has 1 aliphatic carbocycles. The van der Waals surface area contributed by atoms with Gasteiger partial charge in [-0.1, -0.05) is 12.8 Å². The van der Waals surface area contributed by atoms with Gasteiger partial charge in [0, 0.05) is 25.7 Å². The van der Waals surface area contributed by atoms with Gasteiger partial charge in [0.2, 0.25) is 0 Å². The van der Waals surface area contributed by atoms with Crippen LogP contribution in [-0.2, 0) is 4.74 Å². The summed E-state index contributed by atoms with van der Waals surface area (Å²) in [6, 6.07) is 0.129. The van der Waals surface area contributed by atoms with Gasteiger partial charge in [-0.15, -0.1) is 0 Å². The highest BCUT2D eigenvalue weighted by Crippen LogP contribution is 2.37. The molecule has 5 nitrogen and oxygen atoms in total. The molecule has 122 valence electrons. The van der Waals surface area contributed by atoms with Crippen molar-refractivity contribution in [2.45, 2.75) is 58.1 Å². The molecule has 2 N–H and O–H groups in total. The van der Waals surface area contributed by atoms with E-state index in [1.54, 1.807) is 0 Å². The number of β-amino-alcohol motifs (C(OH)–C–C–N with tert-alkyl or cyclic N) is 1. The van der Waals surface area contributed by atoms with Crippen LogP contribution < -0.4 is 5.32 Å². The second kappa shape index (κ2) is 6.97. The van der Waals surface area contributed by atoms with Gasteiger partial charge in [0.25, 0.3) is 0 Å². The molecule has 1 amide bonds. The van der Waals surface area contributed by atoms with E-state index < -0.39 is 5.60 Å². The minimum absolute atomic E-state index is 0.129. The molecule has 0 bridgehead atoms. The van der Waals surface area contributed by atoms with E-state index >= 15 is 0 Å². The Labute approximate surface area is 128 Å². The maximum Gasteiger partial charge on any atom is 0.407 e. The summed E-state index contributed by atoms with van der Waals surface area (Å²) >= 11 is 0. The zero-order valence-electron chi connectivity index (χ0n) is 13.6. The molecule has 2 fully saturated rings. The average molecular weight is 298 g/mol. The monoisotopic (exact) mass is 298 g/mol. The molecule has 0 aromatic rings. The molecule has 1 heterocycles. The molecule has 2 rings (SSSR count). The van der Waals surface area contributed by atoms with Crippen molar-refractivity contribution >= 4 is 6.09 Å². The average Bonchev–Trinajstić information content (AvgIpc) is 3.10. The summed E-state index contributed by atoms with van der Waals surface area (Å²) in [5.74, 6) is 1.52. The fraction of sp³-hybridized carbons (Fsp3) is 0.938. The molecule has 21 heavy (non-hydrogen) atoms. The molecule has 2 atom stereocenters. The molecule has 0 aromatic carbocycles. The lowest BCUT2D eigenvalue weighted by molar-refractivity contribution is 0.0434. The predicted octanol–water partition coefficient (Wildman–Crippen LogP) is 1.99. The number of carbonyl (C=O) groups excluding carboxylic acids is 1. The number of carbonyl (C=O) groups is 1. The summed E-state index contributed by atoms with van der Waals surface area (Å²) in [7, 11) is 0. The number of nitrogens with zero attached hydrogens (tertiary/aromatic N) is 1. The first-order valence-corrected chi connectivity index (χ1v) is 8.18. The Kier molecular flexibility index (Phi) is 5.49. The molecule has 0 spiro atoms. The van der Waals surface area contributed by atoms with Crippen LogP contribution in [-0.4, -0.2) is 54.0 Å². The van der Waals surface area contributed by atoms with Gasteiger partial charge in [0.15, 0.2) is 0 Å². The summed E-state index contributed by atoms with van der Waals surface area (Å²) in [5, 5.41) is 12.2. The molecule has 1 saturated heterocycles. The number of amides is 1. The SMILES string of the molecule is CC(C)(C)OC(=O)NC1CC(CC2CC2)CN(CCO)C1. The molecule has 2 aliphatic rings. The van der Waals surface area contributed by atoms with Crippen LogP contribution in [0.5, 0.6) is 0 Å². The quantitative estimate of drug-likeness (QED) is 0.815. The highest BCUT2D eigenvalue weighted by Gasteiger charge is 2.33. The van der Waals surface area contributed by atoms with Crippen LogP contribution in [0.1, 0.15) is 46.5 Å². The van der Waals surface area contributed by atoms with E-state index in [1.807, 2.05) is 20.8 Å². The second-order valence-electron chi connectivity index (χ2n) is 7.61. The van der Waals surface area contributed by atoms with Gasteiger partial charge >= 0.3 is 6.09 Å². The number of rotatable bonds is 5. The van der Waals surface area contributed by atoms with Gasteiger partial charge in [-0.25, -0.2) is 4.79 Å². The standard InChI is InChI=1S/C16H30N2O3/c1-16(2,3)21-15(20)17-14-9-13(8-12-4-5-12)10-18(11-14)6-7-19/h12-14,19H,4-11H2,1-3H3,(H,17,20). The van der Waals surface area contributed by atoms with Gasteiger partial charge in [-0.3, -0.25) is 4.90 Å². The Morgan fingerprint density at radius 2 is 2.00 bits per heavy atom.